The zero-order valence-electron chi connectivity index (χ0n) is 28.6. The summed E-state index contributed by atoms with van der Waals surface area (Å²) in [6.07, 6.45) is 23.0. The molecule has 0 N–H and O–H groups in total. The van der Waals surface area contributed by atoms with Crippen LogP contribution in [0.5, 0.6) is 0 Å². The Morgan fingerprint density at radius 3 is 1.45 bits per heavy atom. The minimum absolute atomic E-state index is 0. The first kappa shape index (κ1) is 42.1. The van der Waals surface area contributed by atoms with Gasteiger partial charge in [0.1, 0.15) is 0 Å². The van der Waals surface area contributed by atoms with Crippen LogP contribution in [-0.4, -0.2) is 32.4 Å². The summed E-state index contributed by atoms with van der Waals surface area (Å²) in [5.74, 6) is 7.86. The maximum atomic E-state index is 5.53. The van der Waals surface area contributed by atoms with Crippen LogP contribution in [0, 0.1) is 41.9 Å². The van der Waals surface area contributed by atoms with Gasteiger partial charge in [-0.25, -0.2) is 0 Å². The van der Waals surface area contributed by atoms with Gasteiger partial charge in [0.2, 0.25) is 0 Å². The van der Waals surface area contributed by atoms with E-state index in [-0.39, 0.29) is 26.7 Å². The third-order valence-corrected chi connectivity index (χ3v) is 8.87. The fourth-order valence-corrected chi connectivity index (χ4v) is 7.25. The number of hydrogen-bond donors (Lipinski definition) is 0. The lowest BCUT2D eigenvalue weighted by Gasteiger charge is -2.34. The van der Waals surface area contributed by atoms with Gasteiger partial charge in [-0.15, -0.1) is 0 Å². The van der Waals surface area contributed by atoms with E-state index in [0.29, 0.717) is 12.9 Å². The first-order chi connectivity index (χ1) is 20.1. The van der Waals surface area contributed by atoms with Crippen molar-refractivity contribution in [1.82, 2.24) is 0 Å². The molecule has 0 amide bonds. The second kappa shape index (κ2) is 21.8. The van der Waals surface area contributed by atoms with Crippen LogP contribution in [0.1, 0.15) is 147 Å². The molecule has 5 aliphatic rings. The summed E-state index contributed by atoms with van der Waals surface area (Å²) in [5, 5.41) is 0. The van der Waals surface area contributed by atoms with E-state index in [9.17, 15) is 0 Å². The van der Waals surface area contributed by atoms with Crippen molar-refractivity contribution < 1.29 is 27.8 Å². The number of ether oxygens (including phenoxy) is 4. The van der Waals surface area contributed by atoms with Crippen molar-refractivity contribution in [1.29, 1.82) is 0 Å². The zero-order chi connectivity index (χ0) is 31.1. The molecule has 0 saturated heterocycles. The quantitative estimate of drug-likeness (QED) is 0.209. The third kappa shape index (κ3) is 13.6. The van der Waals surface area contributed by atoms with E-state index in [1.807, 2.05) is 61.5 Å². The highest BCUT2D eigenvalue weighted by atomic mass is 16.8. The summed E-state index contributed by atoms with van der Waals surface area (Å²) in [5.41, 5.74) is -0.231. The van der Waals surface area contributed by atoms with Crippen molar-refractivity contribution >= 4 is 11.6 Å². The Morgan fingerprint density at radius 1 is 0.727 bits per heavy atom. The van der Waals surface area contributed by atoms with Crippen LogP contribution in [0.2, 0.25) is 0 Å². The van der Waals surface area contributed by atoms with Gasteiger partial charge in [0.25, 0.3) is 0 Å². The zero-order valence-corrected chi connectivity index (χ0v) is 28.6. The van der Waals surface area contributed by atoms with Gasteiger partial charge in [0.15, 0.2) is 11.6 Å². The molecule has 6 heteroatoms. The molecule has 2 aliphatic heterocycles. The normalized spacial score (nSPS) is 20.5. The lowest BCUT2D eigenvalue weighted by atomic mass is 9.71. The fraction of sp³-hybridized carbons (Fsp3) is 0.789. The Bertz CT molecular complexity index is 845. The van der Waals surface area contributed by atoms with Gasteiger partial charge in [-0.05, 0) is 63.5 Å². The number of ketones is 2. The fourth-order valence-electron chi connectivity index (χ4n) is 7.25. The largest absolute Gasteiger partial charge is 0.509 e. The van der Waals surface area contributed by atoms with Gasteiger partial charge in [-0.2, -0.15) is 0 Å². The number of carbonyl (C=O) groups excluding carboxylic acids is 2. The second-order valence-electron chi connectivity index (χ2n) is 12.9. The summed E-state index contributed by atoms with van der Waals surface area (Å²) >= 11 is 0. The van der Waals surface area contributed by atoms with E-state index in [0.717, 1.165) is 46.8 Å². The molecule has 0 bridgehead atoms. The van der Waals surface area contributed by atoms with Crippen molar-refractivity contribution in [3.8, 4) is 0 Å². The van der Waals surface area contributed by atoms with Crippen LogP contribution >= 0.6 is 0 Å². The molecule has 0 aromatic heterocycles. The van der Waals surface area contributed by atoms with Crippen LogP contribution in [0.25, 0.3) is 0 Å². The van der Waals surface area contributed by atoms with Crippen molar-refractivity contribution in [2.45, 2.75) is 147 Å². The van der Waals surface area contributed by atoms with Crippen molar-refractivity contribution in [2.75, 3.05) is 20.8 Å². The Balaban J connectivity index is 0.000000614. The van der Waals surface area contributed by atoms with Crippen molar-refractivity contribution in [3.63, 3.8) is 0 Å². The average Bonchev–Trinajstić information content (AvgIpc) is 3.75. The van der Waals surface area contributed by atoms with E-state index in [1.165, 1.54) is 7.11 Å². The SMILES string of the molecule is C.C.C1CCC(C(C2CCCC2)C2CCCC2)C1.CC.COCC(C)(C)[C-]1OC(C)=CC(C)=[O+]1.CO[C-]1OC(C)=CC(C)=[O+]1. The molecule has 2 heterocycles. The van der Waals surface area contributed by atoms with E-state index in [1.54, 1.807) is 90.2 Å². The maximum Gasteiger partial charge on any atom is 0.509 e. The summed E-state index contributed by atoms with van der Waals surface area (Å²) < 4.78 is 31.0. The smallest absolute Gasteiger partial charge is 0.479 e. The molecule has 6 nitrogen and oxygen atoms in total. The molecule has 3 aliphatic carbocycles. The first-order valence-corrected chi connectivity index (χ1v) is 16.7. The molecule has 0 aromatic rings. The van der Waals surface area contributed by atoms with Crippen LogP contribution in [0.3, 0.4) is 0 Å². The topological polar surface area (TPSA) is 59.5 Å². The molecular formula is C38H70O6. The monoisotopic (exact) mass is 623 g/mol. The Labute approximate surface area is 272 Å². The van der Waals surface area contributed by atoms with Crippen LogP contribution in [-0.2, 0) is 27.8 Å². The average molecular weight is 623 g/mol. The predicted molar refractivity (Wildman–Crippen MR) is 184 cm³/mol. The van der Waals surface area contributed by atoms with Gasteiger partial charge >= 0.3 is 12.8 Å². The molecule has 0 radical (unpaired) electrons. The van der Waals surface area contributed by atoms with Crippen LogP contribution < -0.4 is 0 Å². The lowest BCUT2D eigenvalue weighted by molar-refractivity contribution is -0.541. The minimum Gasteiger partial charge on any atom is -0.479 e. The molecule has 0 unspecified atom stereocenters. The van der Waals surface area contributed by atoms with Crippen LogP contribution in [0.4, 0.5) is 0 Å². The highest BCUT2D eigenvalue weighted by molar-refractivity contribution is 5.88. The standard InChI is InChI=1S/C16H28.C11H18O3.C7H10O3.C2H6.2CH4/c1-2-8-13(7-1)16(14-9-3-4-10-14)15-11-5-6-12-15;1-8-6-9(2)14-10(13-8)11(3,4)7-12-5;1-5-4-6(2)10-7(8-3)9-5;1-2;;/h13-16H,1-12H2;6H,7H2,1-5H3;4H,1-3H3;1-2H3;2*1H4. The number of hydrogen-bond acceptors (Lipinski definition) is 4. The Hall–Kier alpha value is -1.92. The summed E-state index contributed by atoms with van der Waals surface area (Å²) in [6.45, 7) is 16.3. The van der Waals surface area contributed by atoms with Gasteiger partial charge < -0.3 is 27.8 Å². The van der Waals surface area contributed by atoms with Gasteiger partial charge in [-0.3, -0.25) is 0 Å². The van der Waals surface area contributed by atoms with E-state index >= 15 is 0 Å². The van der Waals surface area contributed by atoms with E-state index < -0.39 is 0 Å². The molecule has 0 aromatic carbocycles. The Kier molecular flexibility index (Phi) is 20.8. The lowest BCUT2D eigenvalue weighted by Crippen LogP contribution is -2.31. The molecule has 3 saturated carbocycles. The summed E-state index contributed by atoms with van der Waals surface area (Å²) in [6, 6.07) is 0. The molecule has 3 fully saturated rings. The highest BCUT2D eigenvalue weighted by Crippen LogP contribution is 2.49. The van der Waals surface area contributed by atoms with Gasteiger partial charge in [0, 0.05) is 14.2 Å². The number of rotatable bonds is 7. The number of methoxy groups -OCH3 is 2. The van der Waals surface area contributed by atoms with Crippen LogP contribution in [0.15, 0.2) is 23.7 Å². The van der Waals surface area contributed by atoms with Crippen molar-refractivity contribution in [3.05, 3.63) is 36.4 Å². The second-order valence-corrected chi connectivity index (χ2v) is 12.9. The molecule has 5 rings (SSSR count). The first-order valence-electron chi connectivity index (χ1n) is 16.7. The van der Waals surface area contributed by atoms with E-state index in [4.69, 9.17) is 27.8 Å². The van der Waals surface area contributed by atoms with Crippen molar-refractivity contribution in [2.24, 2.45) is 29.1 Å². The van der Waals surface area contributed by atoms with E-state index in [2.05, 4.69) is 0 Å². The molecule has 258 valence electrons. The predicted octanol–water partition coefficient (Wildman–Crippen LogP) is 10.8. The molecule has 0 atom stereocenters. The van der Waals surface area contributed by atoms with Gasteiger partial charge in [0.05, 0.1) is 23.5 Å². The maximum absolute atomic E-state index is 5.53. The number of allylic oxidation sites excluding steroid dienone is 4. The molecule has 44 heavy (non-hydrogen) atoms. The summed E-state index contributed by atoms with van der Waals surface area (Å²) in [7, 11) is 3.17. The molecule has 0 spiro atoms. The van der Waals surface area contributed by atoms with Gasteiger partial charge in [-0.1, -0.05) is 120 Å². The molecular weight excluding hydrogens is 552 g/mol. The summed E-state index contributed by atoms with van der Waals surface area (Å²) in [4.78, 5) is 0. The third-order valence-electron chi connectivity index (χ3n) is 8.87. The Morgan fingerprint density at radius 2 is 1.11 bits per heavy atom. The minimum atomic E-state index is -0.231. The highest BCUT2D eigenvalue weighted by Gasteiger charge is 2.39.